The van der Waals surface area contributed by atoms with Crippen molar-refractivity contribution in [2.24, 2.45) is 5.41 Å². The standard InChI is InChI=1S/C20H23Cl2N5O4/c21-8-13-25-16(22)15-14-11(2-1-3-12(14)31-17(15)26-13)24-18(28)27-6-4-20(5-7-27)9-23-19(29)30-10-20/h11H,1-10H2,(H,23,29)(H,24,28). The molecule has 1 unspecified atom stereocenters. The maximum absolute atomic E-state index is 13.0. The molecule has 0 bridgehead atoms. The summed E-state index contributed by atoms with van der Waals surface area (Å²) in [6.45, 7) is 2.22. The van der Waals surface area contributed by atoms with Crippen molar-refractivity contribution in [2.75, 3.05) is 26.2 Å². The molecule has 2 fully saturated rings. The molecule has 0 aromatic carbocycles. The van der Waals surface area contributed by atoms with Gasteiger partial charge in [-0.2, -0.15) is 4.98 Å². The number of nitrogens with zero attached hydrogens (tertiary/aromatic N) is 3. The first-order valence-electron chi connectivity index (χ1n) is 10.5. The number of alkyl carbamates (subject to hydrolysis) is 1. The summed E-state index contributed by atoms with van der Waals surface area (Å²) in [7, 11) is 0. The Morgan fingerprint density at radius 2 is 2.13 bits per heavy atom. The number of ether oxygens (including phenoxy) is 1. The molecule has 2 aromatic rings. The number of nitrogens with one attached hydrogen (secondary N) is 2. The van der Waals surface area contributed by atoms with Crippen LogP contribution in [-0.4, -0.2) is 53.2 Å². The summed E-state index contributed by atoms with van der Waals surface area (Å²) in [6.07, 6.45) is 3.65. The number of aromatic nitrogens is 2. The predicted molar refractivity (Wildman–Crippen MR) is 113 cm³/mol. The van der Waals surface area contributed by atoms with Crippen molar-refractivity contribution < 1.29 is 18.7 Å². The van der Waals surface area contributed by atoms with E-state index >= 15 is 0 Å². The highest BCUT2D eigenvalue weighted by atomic mass is 35.5. The van der Waals surface area contributed by atoms with Crippen LogP contribution in [0, 0.1) is 5.41 Å². The van der Waals surface area contributed by atoms with Crippen LogP contribution in [0.2, 0.25) is 5.15 Å². The summed E-state index contributed by atoms with van der Waals surface area (Å²) in [6, 6.07) is -0.328. The largest absolute Gasteiger partial charge is 0.449 e. The molecule has 9 nitrogen and oxygen atoms in total. The number of likely N-dealkylation sites (tertiary alicyclic amines) is 1. The third-order valence-electron chi connectivity index (χ3n) is 6.56. The van der Waals surface area contributed by atoms with Gasteiger partial charge in [0, 0.05) is 37.0 Å². The van der Waals surface area contributed by atoms with Crippen LogP contribution >= 0.6 is 23.2 Å². The molecule has 2 saturated heterocycles. The van der Waals surface area contributed by atoms with E-state index in [1.807, 2.05) is 4.90 Å². The second kappa shape index (κ2) is 8.02. The number of rotatable bonds is 2. The zero-order chi connectivity index (χ0) is 21.6. The first kappa shape index (κ1) is 20.6. The lowest BCUT2D eigenvalue weighted by molar-refractivity contribution is 0.0134. The molecule has 0 saturated carbocycles. The molecular weight excluding hydrogens is 445 g/mol. The SMILES string of the molecule is O=C1NCC2(CCN(C(=O)NC3CCCc4oc5nc(CCl)nc(Cl)c5c43)CC2)CO1. The third-order valence-corrected chi connectivity index (χ3v) is 7.07. The average Bonchev–Trinajstić information content (AvgIpc) is 3.16. The normalized spacial score (nSPS) is 22.7. The molecule has 5 rings (SSSR count). The van der Waals surface area contributed by atoms with E-state index < -0.39 is 0 Å². The number of cyclic esters (lactones) is 1. The molecule has 3 amide bonds. The quantitative estimate of drug-likeness (QED) is 0.516. The molecular formula is C20H23Cl2N5O4. The van der Waals surface area contributed by atoms with Gasteiger partial charge in [0.05, 0.1) is 17.3 Å². The molecule has 11 heteroatoms. The first-order valence-corrected chi connectivity index (χ1v) is 11.4. The van der Waals surface area contributed by atoms with E-state index in [1.165, 1.54) is 0 Å². The fourth-order valence-electron chi connectivity index (χ4n) is 4.76. The fourth-order valence-corrected chi connectivity index (χ4v) is 5.16. The number of fused-ring (bicyclic) bond motifs is 3. The van der Waals surface area contributed by atoms with Crippen molar-refractivity contribution in [3.8, 4) is 0 Å². The highest BCUT2D eigenvalue weighted by Crippen LogP contribution is 2.40. The van der Waals surface area contributed by atoms with Gasteiger partial charge in [0.2, 0.25) is 5.71 Å². The van der Waals surface area contributed by atoms with Crippen molar-refractivity contribution in [3.05, 3.63) is 22.3 Å². The lowest BCUT2D eigenvalue weighted by Crippen LogP contribution is -2.55. The van der Waals surface area contributed by atoms with Crippen LogP contribution in [0.25, 0.3) is 11.1 Å². The predicted octanol–water partition coefficient (Wildman–Crippen LogP) is 3.52. The molecule has 1 spiro atoms. The van der Waals surface area contributed by atoms with Gasteiger partial charge in [0.1, 0.15) is 23.3 Å². The number of carbonyl (C=O) groups excluding carboxylic acids is 2. The van der Waals surface area contributed by atoms with E-state index in [0.717, 1.165) is 43.4 Å². The maximum Gasteiger partial charge on any atom is 0.407 e. The topological polar surface area (TPSA) is 110 Å². The molecule has 0 radical (unpaired) electrons. The van der Waals surface area contributed by atoms with Gasteiger partial charge >= 0.3 is 12.1 Å². The van der Waals surface area contributed by atoms with Gasteiger partial charge in [-0.1, -0.05) is 11.6 Å². The Morgan fingerprint density at radius 3 is 2.84 bits per heavy atom. The number of amides is 3. The van der Waals surface area contributed by atoms with Gasteiger partial charge in [0.25, 0.3) is 0 Å². The smallest absolute Gasteiger partial charge is 0.407 e. The molecule has 2 aliphatic heterocycles. The average molecular weight is 468 g/mol. The van der Waals surface area contributed by atoms with E-state index in [2.05, 4.69) is 20.6 Å². The molecule has 2 N–H and O–H groups in total. The Balaban J connectivity index is 1.31. The number of carbonyl (C=O) groups is 2. The summed E-state index contributed by atoms with van der Waals surface area (Å²) in [4.78, 5) is 34.8. The van der Waals surface area contributed by atoms with E-state index in [-0.39, 0.29) is 29.5 Å². The Kier molecular flexibility index (Phi) is 5.34. The molecule has 166 valence electrons. The monoisotopic (exact) mass is 467 g/mol. The van der Waals surface area contributed by atoms with Crippen LogP contribution in [0.4, 0.5) is 9.59 Å². The van der Waals surface area contributed by atoms with E-state index in [9.17, 15) is 9.59 Å². The Morgan fingerprint density at radius 1 is 1.32 bits per heavy atom. The minimum atomic E-state index is -0.368. The summed E-state index contributed by atoms with van der Waals surface area (Å²) >= 11 is 12.3. The van der Waals surface area contributed by atoms with Crippen molar-refractivity contribution >= 4 is 46.4 Å². The van der Waals surface area contributed by atoms with E-state index in [0.29, 0.717) is 48.3 Å². The van der Waals surface area contributed by atoms with Gasteiger partial charge in [-0.15, -0.1) is 11.6 Å². The second-order valence-electron chi connectivity index (χ2n) is 8.49. The number of alkyl halides is 1. The summed E-state index contributed by atoms with van der Waals surface area (Å²) in [5.41, 5.74) is 1.20. The van der Waals surface area contributed by atoms with Crippen LogP contribution in [0.15, 0.2) is 4.42 Å². The zero-order valence-electron chi connectivity index (χ0n) is 16.9. The maximum atomic E-state index is 13.0. The highest BCUT2D eigenvalue weighted by Gasteiger charge is 2.40. The van der Waals surface area contributed by atoms with Crippen molar-refractivity contribution in [3.63, 3.8) is 0 Å². The number of hydrogen-bond donors (Lipinski definition) is 2. The van der Waals surface area contributed by atoms with Gasteiger partial charge in [0.15, 0.2) is 0 Å². The lowest BCUT2D eigenvalue weighted by atomic mass is 9.78. The number of halogens is 2. The summed E-state index contributed by atoms with van der Waals surface area (Å²) in [5.74, 6) is 1.35. The highest BCUT2D eigenvalue weighted by molar-refractivity contribution is 6.34. The minimum absolute atomic E-state index is 0.0888. The number of piperidine rings is 1. The second-order valence-corrected chi connectivity index (χ2v) is 9.12. The Hall–Kier alpha value is -2.26. The minimum Gasteiger partial charge on any atom is -0.449 e. The van der Waals surface area contributed by atoms with E-state index in [1.54, 1.807) is 0 Å². The molecule has 2 aromatic heterocycles. The van der Waals surface area contributed by atoms with Crippen LogP contribution in [0.1, 0.15) is 48.9 Å². The van der Waals surface area contributed by atoms with Crippen LogP contribution in [0.5, 0.6) is 0 Å². The van der Waals surface area contributed by atoms with Crippen molar-refractivity contribution in [1.82, 2.24) is 25.5 Å². The zero-order valence-corrected chi connectivity index (χ0v) is 18.4. The molecule has 1 atom stereocenters. The number of hydrogen-bond acceptors (Lipinski definition) is 6. The van der Waals surface area contributed by atoms with Gasteiger partial charge < -0.3 is 24.7 Å². The molecule has 4 heterocycles. The van der Waals surface area contributed by atoms with E-state index in [4.69, 9.17) is 32.4 Å². The van der Waals surface area contributed by atoms with Crippen LogP contribution < -0.4 is 10.6 Å². The number of aryl methyl sites for hydroxylation is 1. The first-order chi connectivity index (χ1) is 15.0. The lowest BCUT2D eigenvalue weighted by Gasteiger charge is -2.43. The van der Waals surface area contributed by atoms with Crippen LogP contribution in [-0.2, 0) is 17.0 Å². The van der Waals surface area contributed by atoms with Crippen LogP contribution in [0.3, 0.4) is 0 Å². The van der Waals surface area contributed by atoms with Crippen molar-refractivity contribution in [1.29, 1.82) is 0 Å². The van der Waals surface area contributed by atoms with Crippen molar-refractivity contribution in [2.45, 2.75) is 44.0 Å². The summed E-state index contributed by atoms with van der Waals surface area (Å²) < 4.78 is 11.1. The van der Waals surface area contributed by atoms with Gasteiger partial charge in [-0.3, -0.25) is 0 Å². The van der Waals surface area contributed by atoms with Gasteiger partial charge in [-0.05, 0) is 25.7 Å². The molecule has 3 aliphatic rings. The third kappa shape index (κ3) is 3.78. The fraction of sp³-hybridized carbons (Fsp3) is 0.600. The summed E-state index contributed by atoms with van der Waals surface area (Å²) in [5, 5.41) is 6.88. The Labute approximate surface area is 188 Å². The van der Waals surface area contributed by atoms with Gasteiger partial charge in [-0.25, -0.2) is 14.6 Å². The molecule has 1 aliphatic carbocycles. The molecule has 31 heavy (non-hydrogen) atoms. The Bertz CT molecular complexity index is 1020. The number of urea groups is 1. The number of furan rings is 1.